The van der Waals surface area contributed by atoms with Crippen LogP contribution in [0.25, 0.3) is 33.9 Å². The Bertz CT molecular complexity index is 2060. The molecule has 0 saturated heterocycles. The second-order valence-electron chi connectivity index (χ2n) is 11.3. The Hall–Kier alpha value is -5.93. The number of nitrogens with zero attached hydrogens (tertiary/aromatic N) is 2. The van der Waals surface area contributed by atoms with Gasteiger partial charge in [0.15, 0.2) is 11.6 Å². The molecule has 0 spiro atoms. The first-order valence-electron chi connectivity index (χ1n) is 15.1. The predicted octanol–water partition coefficient (Wildman–Crippen LogP) is 9.40. The summed E-state index contributed by atoms with van der Waals surface area (Å²) in [6.07, 6.45) is 0. The van der Waals surface area contributed by atoms with Crippen LogP contribution in [-0.4, -0.2) is 15.8 Å². The summed E-state index contributed by atoms with van der Waals surface area (Å²) in [5.41, 5.74) is 9.00. The van der Waals surface area contributed by atoms with E-state index in [0.717, 1.165) is 44.6 Å². The van der Waals surface area contributed by atoms with Gasteiger partial charge in [0, 0.05) is 27.8 Å². The molecule has 0 atom stereocenters. The summed E-state index contributed by atoms with van der Waals surface area (Å²) < 4.78 is 0. The van der Waals surface area contributed by atoms with E-state index in [1.165, 1.54) is 0 Å². The van der Waals surface area contributed by atoms with Gasteiger partial charge in [0.25, 0.3) is 0 Å². The molecule has 8 rings (SSSR count). The SMILES string of the molecule is O=C1c2ccccc2C(c2ccccc2)(c2ccccc2)c2cccc(-c3cc(-c4ccccc4)nc(-c4ccccc4)n3)c21. The predicted molar refractivity (Wildman–Crippen MR) is 180 cm³/mol. The monoisotopic (exact) mass is 576 g/mol. The highest BCUT2D eigenvalue weighted by atomic mass is 16.1. The maximum absolute atomic E-state index is 14.7. The molecule has 45 heavy (non-hydrogen) atoms. The molecule has 0 aliphatic heterocycles. The van der Waals surface area contributed by atoms with E-state index < -0.39 is 5.41 Å². The van der Waals surface area contributed by atoms with Crippen molar-refractivity contribution in [1.29, 1.82) is 0 Å². The van der Waals surface area contributed by atoms with Crippen LogP contribution in [0.4, 0.5) is 0 Å². The molecule has 0 saturated carbocycles. The molecule has 7 aromatic rings. The molecule has 6 aromatic carbocycles. The van der Waals surface area contributed by atoms with E-state index in [-0.39, 0.29) is 5.78 Å². The van der Waals surface area contributed by atoms with Crippen molar-refractivity contribution in [2.24, 2.45) is 0 Å². The van der Waals surface area contributed by atoms with E-state index in [9.17, 15) is 4.79 Å². The Morgan fingerprint density at radius 2 is 0.911 bits per heavy atom. The van der Waals surface area contributed by atoms with Crippen LogP contribution < -0.4 is 0 Å². The van der Waals surface area contributed by atoms with Crippen molar-refractivity contribution in [3.8, 4) is 33.9 Å². The topological polar surface area (TPSA) is 42.9 Å². The van der Waals surface area contributed by atoms with E-state index >= 15 is 0 Å². The number of ketones is 1. The molecule has 0 N–H and O–H groups in total. The molecule has 1 heterocycles. The Morgan fingerprint density at radius 1 is 0.422 bits per heavy atom. The maximum atomic E-state index is 14.7. The molecule has 0 radical (unpaired) electrons. The second-order valence-corrected chi connectivity index (χ2v) is 11.3. The van der Waals surface area contributed by atoms with Gasteiger partial charge in [-0.1, -0.05) is 164 Å². The van der Waals surface area contributed by atoms with Crippen molar-refractivity contribution < 1.29 is 4.79 Å². The van der Waals surface area contributed by atoms with Crippen molar-refractivity contribution in [3.63, 3.8) is 0 Å². The lowest BCUT2D eigenvalue weighted by molar-refractivity contribution is 0.103. The van der Waals surface area contributed by atoms with Gasteiger partial charge in [-0.15, -0.1) is 0 Å². The van der Waals surface area contributed by atoms with Crippen molar-refractivity contribution >= 4 is 5.78 Å². The molecule has 0 amide bonds. The highest BCUT2D eigenvalue weighted by molar-refractivity contribution is 6.17. The van der Waals surface area contributed by atoms with Crippen molar-refractivity contribution in [2.45, 2.75) is 5.41 Å². The van der Waals surface area contributed by atoms with Gasteiger partial charge in [0.05, 0.1) is 16.8 Å². The van der Waals surface area contributed by atoms with Gasteiger partial charge in [0.1, 0.15) is 0 Å². The summed E-state index contributed by atoms with van der Waals surface area (Å²) in [6.45, 7) is 0. The van der Waals surface area contributed by atoms with E-state index in [4.69, 9.17) is 9.97 Å². The molecular formula is C42H28N2O. The average molecular weight is 577 g/mol. The van der Waals surface area contributed by atoms with E-state index in [0.29, 0.717) is 22.6 Å². The smallest absolute Gasteiger partial charge is 0.194 e. The largest absolute Gasteiger partial charge is 0.289 e. The quantitative estimate of drug-likeness (QED) is 0.205. The zero-order valence-electron chi connectivity index (χ0n) is 24.5. The Kier molecular flexibility index (Phi) is 6.50. The van der Waals surface area contributed by atoms with Gasteiger partial charge >= 0.3 is 0 Å². The fourth-order valence-electron chi connectivity index (χ4n) is 6.83. The molecule has 3 nitrogen and oxygen atoms in total. The summed E-state index contributed by atoms with van der Waals surface area (Å²) in [6, 6.07) is 57.5. The average Bonchev–Trinajstić information content (AvgIpc) is 3.13. The summed E-state index contributed by atoms with van der Waals surface area (Å²) >= 11 is 0. The summed E-state index contributed by atoms with van der Waals surface area (Å²) in [5, 5.41) is 0. The molecule has 1 aromatic heterocycles. The van der Waals surface area contributed by atoms with Crippen LogP contribution in [-0.2, 0) is 5.41 Å². The number of fused-ring (bicyclic) bond motifs is 2. The Labute approximate surface area is 262 Å². The van der Waals surface area contributed by atoms with E-state index in [2.05, 4.69) is 78.9 Å². The fraction of sp³-hybridized carbons (Fsp3) is 0.0238. The van der Waals surface area contributed by atoms with Crippen LogP contribution in [0.2, 0.25) is 0 Å². The van der Waals surface area contributed by atoms with Crippen LogP contribution >= 0.6 is 0 Å². The number of carbonyl (C=O) groups is 1. The fourth-order valence-corrected chi connectivity index (χ4v) is 6.83. The molecule has 0 fully saturated rings. The van der Waals surface area contributed by atoms with Crippen LogP contribution in [0.15, 0.2) is 170 Å². The molecular weight excluding hydrogens is 548 g/mol. The minimum Gasteiger partial charge on any atom is -0.289 e. The Balaban J connectivity index is 1.47. The third kappa shape index (κ3) is 4.32. The maximum Gasteiger partial charge on any atom is 0.194 e. The van der Waals surface area contributed by atoms with Gasteiger partial charge in [0.2, 0.25) is 0 Å². The van der Waals surface area contributed by atoms with E-state index in [1.807, 2.05) is 91.0 Å². The third-order valence-corrected chi connectivity index (χ3v) is 8.79. The molecule has 1 aliphatic rings. The lowest BCUT2D eigenvalue weighted by atomic mass is 9.59. The summed E-state index contributed by atoms with van der Waals surface area (Å²) in [4.78, 5) is 24.8. The lowest BCUT2D eigenvalue weighted by Crippen LogP contribution is -2.38. The standard InChI is InChI=1S/C42H28N2O/c45-40-33-24-13-14-26-35(33)42(31-20-9-3-10-21-31,32-22-11-4-12-23-32)36-27-15-25-34(39(36)40)38-28-37(29-16-5-1-6-17-29)43-41(44-38)30-18-7-2-8-19-30/h1-28H. The highest BCUT2D eigenvalue weighted by Gasteiger charge is 2.47. The first-order chi connectivity index (χ1) is 22.2. The van der Waals surface area contributed by atoms with Crippen LogP contribution in [0, 0.1) is 0 Å². The number of hydrogen-bond donors (Lipinski definition) is 0. The lowest BCUT2D eigenvalue weighted by Gasteiger charge is -2.42. The first-order valence-corrected chi connectivity index (χ1v) is 15.1. The molecule has 212 valence electrons. The number of hydrogen-bond acceptors (Lipinski definition) is 3. The minimum absolute atomic E-state index is 0.000165. The van der Waals surface area contributed by atoms with Gasteiger partial charge in [-0.2, -0.15) is 0 Å². The minimum atomic E-state index is -0.712. The normalized spacial score (nSPS) is 13.1. The van der Waals surface area contributed by atoms with Crippen LogP contribution in [0.1, 0.15) is 38.2 Å². The molecule has 0 unspecified atom stereocenters. The van der Waals surface area contributed by atoms with Crippen molar-refractivity contribution in [1.82, 2.24) is 9.97 Å². The molecule has 3 heteroatoms. The first kappa shape index (κ1) is 26.7. The van der Waals surface area contributed by atoms with Gasteiger partial charge < -0.3 is 0 Å². The third-order valence-electron chi connectivity index (χ3n) is 8.79. The van der Waals surface area contributed by atoms with E-state index in [1.54, 1.807) is 0 Å². The highest BCUT2D eigenvalue weighted by Crippen LogP contribution is 2.52. The summed E-state index contributed by atoms with van der Waals surface area (Å²) in [5.74, 6) is 0.616. The van der Waals surface area contributed by atoms with Crippen LogP contribution in [0.3, 0.4) is 0 Å². The number of carbonyl (C=O) groups excluding carboxylic acids is 1. The Morgan fingerprint density at radius 3 is 1.56 bits per heavy atom. The summed E-state index contributed by atoms with van der Waals surface area (Å²) in [7, 11) is 0. The van der Waals surface area contributed by atoms with Crippen molar-refractivity contribution in [3.05, 3.63) is 203 Å². The van der Waals surface area contributed by atoms with Gasteiger partial charge in [-0.25, -0.2) is 9.97 Å². The van der Waals surface area contributed by atoms with Crippen LogP contribution in [0.5, 0.6) is 0 Å². The molecule has 0 bridgehead atoms. The van der Waals surface area contributed by atoms with Gasteiger partial charge in [-0.3, -0.25) is 4.79 Å². The zero-order chi connectivity index (χ0) is 30.2. The van der Waals surface area contributed by atoms with Gasteiger partial charge in [-0.05, 0) is 28.3 Å². The zero-order valence-corrected chi connectivity index (χ0v) is 24.5. The molecule has 1 aliphatic carbocycles. The number of benzene rings is 6. The number of aromatic nitrogens is 2. The number of rotatable bonds is 5. The van der Waals surface area contributed by atoms with Crippen molar-refractivity contribution in [2.75, 3.05) is 0 Å². The second kappa shape index (κ2) is 11.0.